The summed E-state index contributed by atoms with van der Waals surface area (Å²) in [6.07, 6.45) is -3.16. The van der Waals surface area contributed by atoms with Gasteiger partial charge in [-0.3, -0.25) is 19.1 Å². The van der Waals surface area contributed by atoms with Crippen molar-refractivity contribution in [3.8, 4) is 0 Å². The molecule has 14 heteroatoms. The van der Waals surface area contributed by atoms with Gasteiger partial charge in [-0.2, -0.15) is 0 Å². The number of H-pyrrole nitrogens is 1. The van der Waals surface area contributed by atoms with E-state index < -0.39 is 62.2 Å². The number of hydrogen-bond acceptors (Lipinski definition) is 8. The number of amides is 1. The number of rotatable bonds is 7. The highest BCUT2D eigenvalue weighted by atomic mass is 28.4. The highest BCUT2D eigenvalue weighted by molar-refractivity contribution is 6.74. The Morgan fingerprint density at radius 3 is 2.58 bits per heavy atom. The standard InChI is InChI=1S/C17H28N6O7Si/c1-16(2,3)31(4,5)30-12-14(23-7-6-10(25)20-15(23)27)29-9(8-24)17(12,28)11(13(18)26)21-22-19/h6-7,9,11-12,14,24,28H,8H2,1-5H3,(H2,18,26)(H,20,25,27)/t9-,11?,12+,14-,17-/m1/s1. The van der Waals surface area contributed by atoms with Crippen molar-refractivity contribution in [2.45, 2.75) is 69.0 Å². The molecule has 1 aliphatic rings. The number of azide groups is 1. The first-order valence-electron chi connectivity index (χ1n) is 9.52. The summed E-state index contributed by atoms with van der Waals surface area (Å²) in [5.41, 5.74) is 10.4. The molecule has 5 N–H and O–H groups in total. The van der Waals surface area contributed by atoms with E-state index in [2.05, 4.69) is 15.0 Å². The molecule has 1 saturated heterocycles. The van der Waals surface area contributed by atoms with Crippen LogP contribution >= 0.6 is 0 Å². The molecule has 1 aromatic rings. The Morgan fingerprint density at radius 2 is 2.13 bits per heavy atom. The third-order valence-electron chi connectivity index (χ3n) is 5.93. The Bertz CT molecular complexity index is 994. The van der Waals surface area contributed by atoms with Crippen molar-refractivity contribution in [1.29, 1.82) is 0 Å². The summed E-state index contributed by atoms with van der Waals surface area (Å²) >= 11 is 0. The van der Waals surface area contributed by atoms with Crippen LogP contribution in [-0.2, 0) is 14.0 Å². The zero-order chi connectivity index (χ0) is 23.8. The number of aromatic amines is 1. The summed E-state index contributed by atoms with van der Waals surface area (Å²) in [6, 6.07) is -0.800. The summed E-state index contributed by atoms with van der Waals surface area (Å²) in [5.74, 6) is -1.17. The molecule has 1 unspecified atom stereocenters. The number of primary amides is 1. The number of carbonyl (C=O) groups excluding carboxylic acids is 1. The molecule has 172 valence electrons. The van der Waals surface area contributed by atoms with E-state index in [1.165, 1.54) is 0 Å². The van der Waals surface area contributed by atoms with E-state index in [-0.39, 0.29) is 5.04 Å². The predicted octanol–water partition coefficient (Wildman–Crippen LogP) is -0.288. The van der Waals surface area contributed by atoms with Crippen LogP contribution in [0.2, 0.25) is 18.1 Å². The molecule has 0 bridgehead atoms. The molecule has 0 radical (unpaired) electrons. The van der Waals surface area contributed by atoms with E-state index >= 15 is 0 Å². The minimum Gasteiger partial charge on any atom is -0.406 e. The van der Waals surface area contributed by atoms with Crippen molar-refractivity contribution in [2.75, 3.05) is 6.61 Å². The van der Waals surface area contributed by atoms with Crippen LogP contribution in [-0.4, -0.2) is 64.4 Å². The SMILES string of the molecule is CC(C)(C)[Si](C)(C)O[C@H]1[C@H](n2ccc(=O)[nH]c2=O)O[C@H](CO)[C@@]1(O)C(N=[N+]=[N-])C(N)=O. The van der Waals surface area contributed by atoms with Gasteiger partial charge in [-0.15, -0.1) is 0 Å². The Morgan fingerprint density at radius 1 is 1.52 bits per heavy atom. The van der Waals surface area contributed by atoms with Gasteiger partial charge in [-0.1, -0.05) is 25.9 Å². The maximum Gasteiger partial charge on any atom is 0.330 e. The number of nitrogens with zero attached hydrogens (tertiary/aromatic N) is 4. The maximum absolute atomic E-state index is 12.4. The molecule has 0 aliphatic carbocycles. The average molecular weight is 457 g/mol. The van der Waals surface area contributed by atoms with Crippen molar-refractivity contribution in [3.63, 3.8) is 0 Å². The average Bonchev–Trinajstić information content (AvgIpc) is 2.90. The van der Waals surface area contributed by atoms with Crippen LogP contribution in [0.1, 0.15) is 27.0 Å². The quantitative estimate of drug-likeness (QED) is 0.186. The van der Waals surface area contributed by atoms with E-state index in [9.17, 15) is 24.6 Å². The number of aliphatic hydroxyl groups is 2. The molecule has 1 aliphatic heterocycles. The Kier molecular flexibility index (Phi) is 6.85. The summed E-state index contributed by atoms with van der Waals surface area (Å²) < 4.78 is 13.0. The third-order valence-corrected chi connectivity index (χ3v) is 10.4. The van der Waals surface area contributed by atoms with Crippen LogP contribution in [0, 0.1) is 0 Å². The van der Waals surface area contributed by atoms with E-state index in [4.69, 9.17) is 20.4 Å². The summed E-state index contributed by atoms with van der Waals surface area (Å²) in [7, 11) is -2.70. The van der Waals surface area contributed by atoms with Gasteiger partial charge in [0.15, 0.2) is 14.5 Å². The third kappa shape index (κ3) is 4.44. The van der Waals surface area contributed by atoms with Gasteiger partial charge in [-0.25, -0.2) is 4.79 Å². The normalized spacial score (nSPS) is 27.5. The summed E-state index contributed by atoms with van der Waals surface area (Å²) in [5, 5.41) is 24.5. The smallest absolute Gasteiger partial charge is 0.330 e. The zero-order valence-corrected chi connectivity index (χ0v) is 19.0. The van der Waals surface area contributed by atoms with E-state index in [0.29, 0.717) is 0 Å². The second kappa shape index (κ2) is 8.57. The van der Waals surface area contributed by atoms with Gasteiger partial charge in [0.1, 0.15) is 23.9 Å². The second-order valence-electron chi connectivity index (χ2n) is 8.91. The monoisotopic (exact) mass is 456 g/mol. The first kappa shape index (κ1) is 24.8. The fourth-order valence-electron chi connectivity index (χ4n) is 3.20. The van der Waals surface area contributed by atoms with Gasteiger partial charge < -0.3 is 25.1 Å². The highest BCUT2D eigenvalue weighted by Gasteiger charge is 2.64. The van der Waals surface area contributed by atoms with Crippen LogP contribution in [0.5, 0.6) is 0 Å². The van der Waals surface area contributed by atoms with Crippen molar-refractivity contribution in [1.82, 2.24) is 9.55 Å². The van der Waals surface area contributed by atoms with Crippen molar-refractivity contribution in [2.24, 2.45) is 10.8 Å². The topological polar surface area (TPSA) is 206 Å². The molecule has 0 spiro atoms. The molecule has 1 aromatic heterocycles. The minimum atomic E-state index is -2.70. The summed E-state index contributed by atoms with van der Waals surface area (Å²) in [6.45, 7) is 8.71. The Labute approximate surface area is 178 Å². The lowest BCUT2D eigenvalue weighted by molar-refractivity contribution is -0.138. The lowest BCUT2D eigenvalue weighted by Gasteiger charge is -2.44. The van der Waals surface area contributed by atoms with Crippen LogP contribution in [0.25, 0.3) is 10.4 Å². The first-order valence-corrected chi connectivity index (χ1v) is 12.4. The highest BCUT2D eigenvalue weighted by Crippen LogP contribution is 2.46. The molecule has 5 atom stereocenters. The molecule has 1 amide bonds. The largest absolute Gasteiger partial charge is 0.406 e. The van der Waals surface area contributed by atoms with E-state index in [1.54, 1.807) is 0 Å². The number of nitrogens with two attached hydrogens (primary N) is 1. The molecule has 2 heterocycles. The predicted molar refractivity (Wildman–Crippen MR) is 111 cm³/mol. The number of ether oxygens (including phenoxy) is 1. The zero-order valence-electron chi connectivity index (χ0n) is 18.0. The van der Waals surface area contributed by atoms with Crippen LogP contribution in [0.15, 0.2) is 27.0 Å². The molecule has 0 saturated carbocycles. The lowest BCUT2D eigenvalue weighted by atomic mass is 9.84. The molecular weight excluding hydrogens is 428 g/mol. The fourth-order valence-corrected chi connectivity index (χ4v) is 4.49. The number of carbonyl (C=O) groups is 1. The van der Waals surface area contributed by atoms with Gasteiger partial charge >= 0.3 is 5.69 Å². The van der Waals surface area contributed by atoms with Gasteiger partial charge in [-0.05, 0) is 23.7 Å². The van der Waals surface area contributed by atoms with Crippen LogP contribution in [0.4, 0.5) is 0 Å². The molecule has 0 aromatic carbocycles. The van der Waals surface area contributed by atoms with Gasteiger partial charge in [0, 0.05) is 17.2 Å². The number of hydrogen-bond donors (Lipinski definition) is 4. The molecule has 13 nitrogen and oxygen atoms in total. The Hall–Kier alpha value is -2.48. The van der Waals surface area contributed by atoms with Gasteiger partial charge in [0.2, 0.25) is 5.91 Å². The minimum absolute atomic E-state index is 0.369. The Balaban J connectivity index is 2.76. The van der Waals surface area contributed by atoms with Crippen molar-refractivity contribution in [3.05, 3.63) is 43.5 Å². The van der Waals surface area contributed by atoms with Gasteiger partial charge in [0.05, 0.1) is 6.61 Å². The van der Waals surface area contributed by atoms with E-state index in [0.717, 1.165) is 16.8 Å². The second-order valence-corrected chi connectivity index (χ2v) is 13.7. The summed E-state index contributed by atoms with van der Waals surface area (Å²) in [4.78, 5) is 40.7. The van der Waals surface area contributed by atoms with Crippen molar-refractivity contribution < 1.29 is 24.2 Å². The first-order chi connectivity index (χ1) is 14.2. The fraction of sp³-hybridized carbons (Fsp3) is 0.706. The molecule has 2 rings (SSSR count). The number of aliphatic hydroxyl groups excluding tert-OH is 1. The molecular formula is C17H28N6O7Si. The number of nitrogens with one attached hydrogen (secondary N) is 1. The maximum atomic E-state index is 12.4. The lowest BCUT2D eigenvalue weighted by Crippen LogP contribution is -2.64. The van der Waals surface area contributed by atoms with Crippen molar-refractivity contribution >= 4 is 14.2 Å². The van der Waals surface area contributed by atoms with Crippen LogP contribution < -0.4 is 17.0 Å². The van der Waals surface area contributed by atoms with E-state index in [1.807, 2.05) is 33.9 Å². The van der Waals surface area contributed by atoms with Crippen LogP contribution in [0.3, 0.4) is 0 Å². The molecule has 1 fully saturated rings. The molecule has 31 heavy (non-hydrogen) atoms. The van der Waals surface area contributed by atoms with Gasteiger partial charge in [0.25, 0.3) is 5.56 Å². The number of aromatic nitrogens is 2.